The van der Waals surface area contributed by atoms with E-state index in [9.17, 15) is 5.11 Å². The first kappa shape index (κ1) is 20.0. The van der Waals surface area contributed by atoms with Crippen molar-refractivity contribution >= 4 is 22.6 Å². The average molecular weight is 473 g/mol. The SMILES string of the molecule is Cc1cc2c(cc1C)[n+](C)cn2CC(O)COc1cccc(Cl)c1.[I-]. The molecule has 0 aliphatic heterocycles. The molecule has 1 N–H and O–H groups in total. The van der Waals surface area contributed by atoms with Crippen LogP contribution in [0.15, 0.2) is 42.7 Å². The highest BCUT2D eigenvalue weighted by atomic mass is 127. The number of hydrogen-bond donors (Lipinski definition) is 1. The van der Waals surface area contributed by atoms with Gasteiger partial charge in [-0.1, -0.05) is 17.7 Å². The summed E-state index contributed by atoms with van der Waals surface area (Å²) in [6, 6.07) is 11.5. The topological polar surface area (TPSA) is 38.3 Å². The monoisotopic (exact) mass is 472 g/mol. The highest BCUT2D eigenvalue weighted by Crippen LogP contribution is 2.19. The van der Waals surface area contributed by atoms with E-state index in [1.54, 1.807) is 12.1 Å². The Hall–Kier alpha value is -1.31. The Morgan fingerprint density at radius 3 is 2.64 bits per heavy atom. The molecule has 0 saturated carbocycles. The van der Waals surface area contributed by atoms with E-state index in [0.29, 0.717) is 17.3 Å². The first-order valence-corrected chi connectivity index (χ1v) is 8.34. The third-order valence-electron chi connectivity index (χ3n) is 4.24. The lowest BCUT2D eigenvalue weighted by Crippen LogP contribution is -3.00. The second kappa shape index (κ2) is 8.38. The van der Waals surface area contributed by atoms with Gasteiger partial charge in [0.25, 0.3) is 0 Å². The van der Waals surface area contributed by atoms with E-state index in [0.717, 1.165) is 11.0 Å². The zero-order valence-electron chi connectivity index (χ0n) is 14.5. The molecule has 1 aromatic heterocycles. The van der Waals surface area contributed by atoms with Crippen molar-refractivity contribution in [2.45, 2.75) is 26.5 Å². The van der Waals surface area contributed by atoms with Crippen molar-refractivity contribution in [3.05, 3.63) is 58.9 Å². The summed E-state index contributed by atoms with van der Waals surface area (Å²) in [5.41, 5.74) is 4.77. The third kappa shape index (κ3) is 4.65. The first-order valence-electron chi connectivity index (χ1n) is 7.96. The number of aliphatic hydroxyl groups is 1. The predicted molar refractivity (Wildman–Crippen MR) is 95.5 cm³/mol. The minimum absolute atomic E-state index is 0. The summed E-state index contributed by atoms with van der Waals surface area (Å²) in [6.45, 7) is 4.90. The second-order valence-corrected chi connectivity index (χ2v) is 6.66. The molecule has 3 rings (SSSR count). The molecule has 25 heavy (non-hydrogen) atoms. The molecule has 4 nitrogen and oxygen atoms in total. The van der Waals surface area contributed by atoms with Gasteiger partial charge in [0.2, 0.25) is 6.33 Å². The molecule has 0 aliphatic carbocycles. The van der Waals surface area contributed by atoms with Gasteiger partial charge >= 0.3 is 0 Å². The lowest BCUT2D eigenvalue weighted by atomic mass is 10.1. The maximum atomic E-state index is 10.3. The van der Waals surface area contributed by atoms with Crippen molar-refractivity contribution in [3.8, 4) is 5.75 Å². The van der Waals surface area contributed by atoms with E-state index >= 15 is 0 Å². The molecule has 3 aromatic rings. The van der Waals surface area contributed by atoms with Gasteiger partial charge in [-0.05, 0) is 55.3 Å². The summed E-state index contributed by atoms with van der Waals surface area (Å²) in [7, 11) is 2.02. The van der Waals surface area contributed by atoms with Crippen LogP contribution >= 0.6 is 11.6 Å². The van der Waals surface area contributed by atoms with E-state index in [2.05, 4.69) is 35.1 Å². The normalized spacial score (nSPS) is 12.0. The van der Waals surface area contributed by atoms with Crippen molar-refractivity contribution in [1.29, 1.82) is 0 Å². The van der Waals surface area contributed by atoms with Crippen LogP contribution in [0.5, 0.6) is 5.75 Å². The van der Waals surface area contributed by atoms with Crippen LogP contribution < -0.4 is 33.3 Å². The molecular formula is C19H22ClIN2O2. The summed E-state index contributed by atoms with van der Waals surface area (Å²) in [5.74, 6) is 0.663. The summed E-state index contributed by atoms with van der Waals surface area (Å²) in [5, 5.41) is 11.0. The molecule has 6 heteroatoms. The minimum Gasteiger partial charge on any atom is -1.00 e. The van der Waals surface area contributed by atoms with E-state index in [4.69, 9.17) is 16.3 Å². The van der Waals surface area contributed by atoms with Crippen LogP contribution in [0, 0.1) is 13.8 Å². The number of halogens is 2. The van der Waals surface area contributed by atoms with Gasteiger partial charge in [0.05, 0.1) is 7.05 Å². The average Bonchev–Trinajstić information content (AvgIpc) is 2.82. The number of aliphatic hydroxyl groups excluding tert-OH is 1. The number of nitrogens with zero attached hydrogens (tertiary/aromatic N) is 2. The Morgan fingerprint density at radius 1 is 1.20 bits per heavy atom. The number of benzene rings is 2. The number of fused-ring (bicyclic) bond motifs is 1. The van der Waals surface area contributed by atoms with Gasteiger partial charge < -0.3 is 33.8 Å². The minimum atomic E-state index is -0.610. The van der Waals surface area contributed by atoms with Crippen LogP contribution in [0.4, 0.5) is 0 Å². The maximum absolute atomic E-state index is 10.3. The maximum Gasteiger partial charge on any atom is 0.244 e. The Bertz CT molecular complexity index is 879. The number of rotatable bonds is 5. The molecule has 0 fully saturated rings. The fourth-order valence-corrected chi connectivity index (χ4v) is 2.99. The van der Waals surface area contributed by atoms with Crippen LogP contribution in [0.2, 0.25) is 5.02 Å². The molecule has 1 unspecified atom stereocenters. The molecule has 0 bridgehead atoms. The Morgan fingerprint density at radius 2 is 1.92 bits per heavy atom. The van der Waals surface area contributed by atoms with Crippen LogP contribution in [0.1, 0.15) is 11.1 Å². The highest BCUT2D eigenvalue weighted by molar-refractivity contribution is 6.30. The molecule has 0 amide bonds. The largest absolute Gasteiger partial charge is 1.00 e. The quantitative estimate of drug-likeness (QED) is 0.425. The first-order chi connectivity index (χ1) is 11.4. The molecule has 2 aromatic carbocycles. The van der Waals surface area contributed by atoms with Crippen LogP contribution in [-0.4, -0.2) is 22.4 Å². The number of imidazole rings is 1. The van der Waals surface area contributed by atoms with E-state index < -0.39 is 6.10 Å². The Kier molecular flexibility index (Phi) is 6.71. The number of ether oxygens (including phenoxy) is 1. The smallest absolute Gasteiger partial charge is 0.244 e. The second-order valence-electron chi connectivity index (χ2n) is 6.23. The standard InChI is InChI=1S/C19H22ClN2O2.HI/c1-13-7-18-19(8-14(13)2)22(12-21(18)3)10-16(23)11-24-17-6-4-5-15(20)9-17;/h4-9,12,16,23H,10-11H2,1-3H3;1H/q+1;/p-1. The van der Waals surface area contributed by atoms with Crippen molar-refractivity contribution in [1.82, 2.24) is 4.57 Å². The van der Waals surface area contributed by atoms with E-state index in [-0.39, 0.29) is 30.6 Å². The van der Waals surface area contributed by atoms with Gasteiger partial charge in [-0.25, -0.2) is 9.13 Å². The van der Waals surface area contributed by atoms with Crippen LogP contribution in [0.3, 0.4) is 0 Å². The molecule has 0 radical (unpaired) electrons. The van der Waals surface area contributed by atoms with Gasteiger partial charge in [-0.3, -0.25) is 0 Å². The summed E-state index contributed by atoms with van der Waals surface area (Å²) in [4.78, 5) is 0. The molecule has 134 valence electrons. The number of hydrogen-bond acceptors (Lipinski definition) is 2. The number of aromatic nitrogens is 2. The summed E-state index contributed by atoms with van der Waals surface area (Å²) in [6.07, 6.45) is 1.40. The molecule has 1 heterocycles. The zero-order valence-corrected chi connectivity index (χ0v) is 17.5. The van der Waals surface area contributed by atoms with Crippen LogP contribution in [0.25, 0.3) is 11.0 Å². The summed E-state index contributed by atoms with van der Waals surface area (Å²) >= 11 is 5.94. The van der Waals surface area contributed by atoms with Gasteiger partial charge in [0.1, 0.15) is 25.0 Å². The van der Waals surface area contributed by atoms with Crippen molar-refractivity contribution in [2.24, 2.45) is 7.05 Å². The molecule has 0 aliphatic rings. The summed E-state index contributed by atoms with van der Waals surface area (Å²) < 4.78 is 9.77. The lowest BCUT2D eigenvalue weighted by molar-refractivity contribution is -0.645. The Labute approximate surface area is 170 Å². The van der Waals surface area contributed by atoms with Crippen molar-refractivity contribution in [2.75, 3.05) is 6.61 Å². The molecular weight excluding hydrogens is 451 g/mol. The molecule has 1 atom stereocenters. The predicted octanol–water partition coefficient (Wildman–Crippen LogP) is 0.180. The van der Waals surface area contributed by atoms with Gasteiger partial charge in [0.15, 0.2) is 11.0 Å². The van der Waals surface area contributed by atoms with Crippen LogP contribution in [-0.2, 0) is 13.6 Å². The highest BCUT2D eigenvalue weighted by Gasteiger charge is 2.18. The Balaban J connectivity index is 0.00000225. The van der Waals surface area contributed by atoms with E-state index in [1.807, 2.05) is 25.5 Å². The van der Waals surface area contributed by atoms with Gasteiger partial charge in [0, 0.05) is 5.02 Å². The molecule has 0 saturated heterocycles. The fraction of sp³-hybridized carbons (Fsp3) is 0.316. The molecule has 0 spiro atoms. The van der Waals surface area contributed by atoms with E-state index in [1.165, 1.54) is 11.1 Å². The van der Waals surface area contributed by atoms with Crippen molar-refractivity contribution < 1.29 is 38.4 Å². The van der Waals surface area contributed by atoms with Gasteiger partial charge in [-0.2, -0.15) is 0 Å². The fourth-order valence-electron chi connectivity index (χ4n) is 2.81. The number of aryl methyl sites for hydroxylation is 3. The van der Waals surface area contributed by atoms with Crippen molar-refractivity contribution in [3.63, 3.8) is 0 Å². The zero-order chi connectivity index (χ0) is 17.3. The lowest BCUT2D eigenvalue weighted by Gasteiger charge is -2.11. The van der Waals surface area contributed by atoms with Gasteiger partial charge in [-0.15, -0.1) is 0 Å². The third-order valence-corrected chi connectivity index (χ3v) is 4.47.